The second-order valence-corrected chi connectivity index (χ2v) is 12.7. The van der Waals surface area contributed by atoms with Crippen LogP contribution in [-0.2, 0) is 30.3 Å². The van der Waals surface area contributed by atoms with Gasteiger partial charge >= 0.3 is 5.97 Å². The van der Waals surface area contributed by atoms with Crippen LogP contribution in [0.4, 0.5) is 0 Å². The van der Waals surface area contributed by atoms with Gasteiger partial charge in [0.25, 0.3) is 11.8 Å². The van der Waals surface area contributed by atoms with Gasteiger partial charge in [-0.2, -0.15) is 0 Å². The normalized spacial score (nSPS) is 17.3. The summed E-state index contributed by atoms with van der Waals surface area (Å²) < 4.78 is 5.74. The molecule has 3 rings (SSSR count). The van der Waals surface area contributed by atoms with Gasteiger partial charge in [-0.1, -0.05) is 45.9 Å². The largest absolute Gasteiger partial charge is 0.452 e. The Labute approximate surface area is 249 Å². The number of aryl methyl sites for hydroxylation is 1. The number of nitrogens with two attached hydrogens (primary N) is 1. The Kier molecular flexibility index (Phi) is 11.1. The van der Waals surface area contributed by atoms with Gasteiger partial charge in [-0.25, -0.2) is 5.43 Å². The first-order valence-electron chi connectivity index (χ1n) is 15.0. The maximum atomic E-state index is 13.2. The molecular weight excluding hydrogens is 534 g/mol. The number of nitrogens with one attached hydrogen (secondary N) is 2. The number of nitrogens with zero attached hydrogens (tertiary/aromatic N) is 2. The molecule has 1 saturated heterocycles. The number of primary amides is 1. The number of pyridine rings is 1. The molecule has 0 radical (unpaired) electrons. The second-order valence-electron chi connectivity index (χ2n) is 12.7. The van der Waals surface area contributed by atoms with Crippen molar-refractivity contribution in [2.24, 2.45) is 17.1 Å². The third-order valence-electron chi connectivity index (χ3n) is 7.88. The number of amides is 3. The molecule has 42 heavy (non-hydrogen) atoms. The summed E-state index contributed by atoms with van der Waals surface area (Å²) in [6.45, 7) is 13.5. The van der Waals surface area contributed by atoms with Crippen LogP contribution >= 0.6 is 0 Å². The molecule has 0 aliphatic carbocycles. The van der Waals surface area contributed by atoms with E-state index in [0.717, 1.165) is 22.9 Å². The molecule has 3 atom stereocenters. The van der Waals surface area contributed by atoms with E-state index in [0.29, 0.717) is 38.1 Å². The first-order chi connectivity index (χ1) is 19.7. The molecule has 0 bridgehead atoms. The summed E-state index contributed by atoms with van der Waals surface area (Å²) in [5.74, 6) is -1.80. The summed E-state index contributed by atoms with van der Waals surface area (Å²) in [6.07, 6.45) is 3.99. The number of hydrogen-bond donors (Lipinski definition) is 3. The fourth-order valence-corrected chi connectivity index (χ4v) is 5.02. The average Bonchev–Trinajstić information content (AvgIpc) is 2.94. The van der Waals surface area contributed by atoms with Gasteiger partial charge in [-0.15, -0.1) is 0 Å². The summed E-state index contributed by atoms with van der Waals surface area (Å²) in [5, 5.41) is 6.25. The minimum absolute atomic E-state index is 0.308. The predicted octanol–water partition coefficient (Wildman–Crippen LogP) is 3.76. The lowest BCUT2D eigenvalue weighted by atomic mass is 9.86. The van der Waals surface area contributed by atoms with Crippen LogP contribution in [0.2, 0.25) is 0 Å². The number of hydrazine groups is 1. The predicted molar refractivity (Wildman–Crippen MR) is 162 cm³/mol. The molecule has 4 N–H and O–H groups in total. The second kappa shape index (κ2) is 14.1. The molecule has 3 amide bonds. The third-order valence-corrected chi connectivity index (χ3v) is 7.88. The van der Waals surface area contributed by atoms with Crippen molar-refractivity contribution in [1.29, 1.82) is 0 Å². The Morgan fingerprint density at radius 3 is 2.48 bits per heavy atom. The summed E-state index contributed by atoms with van der Waals surface area (Å²) >= 11 is 0. The number of rotatable bonds is 12. The molecular formula is C32H47N5O5. The standard InChI is InChI=1S/C32H47N5O5/c1-19(2)22-12-13-23-18-34-25(17-24(23)16-22)10-8-14-32(6,7)31(41)42-27(20(3)4)29(39)35-21(5)30(40)37-15-9-11-26(36-37)28(33)38/h12-13,16-21,26-27,36H,8-11,14-15H2,1-7H3,(H2,33,38)(H,35,39)/t21-,26-,27-/m0/s1. The molecule has 10 nitrogen and oxygen atoms in total. The zero-order chi connectivity index (χ0) is 31.2. The quantitative estimate of drug-likeness (QED) is 0.324. The molecule has 0 unspecified atom stereocenters. The maximum absolute atomic E-state index is 13.2. The molecule has 1 aromatic heterocycles. The Hall–Kier alpha value is -3.53. The van der Waals surface area contributed by atoms with Crippen molar-refractivity contribution >= 4 is 34.5 Å². The van der Waals surface area contributed by atoms with Crippen LogP contribution in [0, 0.1) is 11.3 Å². The van der Waals surface area contributed by atoms with E-state index >= 15 is 0 Å². The van der Waals surface area contributed by atoms with Crippen molar-refractivity contribution in [2.75, 3.05) is 6.54 Å². The smallest absolute Gasteiger partial charge is 0.312 e. The minimum Gasteiger partial charge on any atom is -0.452 e. The van der Waals surface area contributed by atoms with Crippen LogP contribution in [0.1, 0.15) is 91.3 Å². The summed E-state index contributed by atoms with van der Waals surface area (Å²) in [5.41, 5.74) is 9.63. The van der Waals surface area contributed by atoms with Gasteiger partial charge < -0.3 is 15.8 Å². The van der Waals surface area contributed by atoms with E-state index in [2.05, 4.69) is 53.8 Å². The molecule has 2 aromatic rings. The number of hydrogen-bond acceptors (Lipinski definition) is 7. The fraction of sp³-hybridized carbons (Fsp3) is 0.594. The summed E-state index contributed by atoms with van der Waals surface area (Å²) in [4.78, 5) is 55.4. The zero-order valence-corrected chi connectivity index (χ0v) is 26.0. The number of aromatic nitrogens is 1. The van der Waals surface area contributed by atoms with Crippen LogP contribution in [0.5, 0.6) is 0 Å². The van der Waals surface area contributed by atoms with Crippen molar-refractivity contribution in [3.63, 3.8) is 0 Å². The molecule has 0 saturated carbocycles. The average molecular weight is 582 g/mol. The highest BCUT2D eigenvalue weighted by Gasteiger charge is 2.36. The van der Waals surface area contributed by atoms with Gasteiger partial charge in [-0.05, 0) is 81.7 Å². The monoisotopic (exact) mass is 581 g/mol. The fourth-order valence-electron chi connectivity index (χ4n) is 5.02. The molecule has 1 aliphatic heterocycles. The van der Waals surface area contributed by atoms with E-state index in [-0.39, 0.29) is 5.92 Å². The number of esters is 1. The van der Waals surface area contributed by atoms with Gasteiger partial charge in [0.15, 0.2) is 6.10 Å². The van der Waals surface area contributed by atoms with E-state index in [1.54, 1.807) is 20.8 Å². The van der Waals surface area contributed by atoms with Gasteiger partial charge in [0.1, 0.15) is 12.1 Å². The molecule has 10 heteroatoms. The van der Waals surface area contributed by atoms with E-state index in [1.807, 2.05) is 20.0 Å². The number of carbonyl (C=O) groups excluding carboxylic acids is 4. The van der Waals surface area contributed by atoms with Gasteiger partial charge in [-0.3, -0.25) is 29.2 Å². The Balaban J connectivity index is 1.56. The molecule has 1 aromatic carbocycles. The van der Waals surface area contributed by atoms with Gasteiger partial charge in [0.2, 0.25) is 5.91 Å². The first-order valence-corrected chi connectivity index (χ1v) is 15.0. The maximum Gasteiger partial charge on any atom is 0.312 e. The highest BCUT2D eigenvalue weighted by atomic mass is 16.5. The summed E-state index contributed by atoms with van der Waals surface area (Å²) in [6, 6.07) is 7.03. The molecule has 230 valence electrons. The zero-order valence-electron chi connectivity index (χ0n) is 26.0. The van der Waals surface area contributed by atoms with Crippen LogP contribution in [0.3, 0.4) is 0 Å². The van der Waals surface area contributed by atoms with Gasteiger partial charge in [0.05, 0.1) is 5.41 Å². The Bertz CT molecular complexity index is 1290. The minimum atomic E-state index is -1.06. The summed E-state index contributed by atoms with van der Waals surface area (Å²) in [7, 11) is 0. The number of benzene rings is 1. The lowest BCUT2D eigenvalue weighted by molar-refractivity contribution is -0.167. The van der Waals surface area contributed by atoms with Crippen molar-refractivity contribution in [3.8, 4) is 0 Å². The number of ether oxygens (including phenoxy) is 1. The van der Waals surface area contributed by atoms with E-state index < -0.39 is 47.3 Å². The van der Waals surface area contributed by atoms with Gasteiger partial charge in [0, 0.05) is 23.8 Å². The Morgan fingerprint density at radius 1 is 1.12 bits per heavy atom. The van der Waals surface area contributed by atoms with Crippen molar-refractivity contribution in [2.45, 2.75) is 105 Å². The highest BCUT2D eigenvalue weighted by Crippen LogP contribution is 2.28. The first kappa shape index (κ1) is 33.0. The van der Waals surface area contributed by atoms with Crippen molar-refractivity contribution in [1.82, 2.24) is 20.7 Å². The van der Waals surface area contributed by atoms with Crippen LogP contribution in [0.25, 0.3) is 10.8 Å². The van der Waals surface area contributed by atoms with Crippen molar-refractivity contribution < 1.29 is 23.9 Å². The van der Waals surface area contributed by atoms with Crippen LogP contribution < -0.4 is 16.5 Å². The highest BCUT2D eigenvalue weighted by molar-refractivity contribution is 5.91. The molecule has 1 aliphatic rings. The molecule has 0 spiro atoms. The lowest BCUT2D eigenvalue weighted by Crippen LogP contribution is -2.60. The molecule has 1 fully saturated rings. The molecule has 2 heterocycles. The Morgan fingerprint density at radius 2 is 1.83 bits per heavy atom. The van der Waals surface area contributed by atoms with Crippen LogP contribution in [0.15, 0.2) is 30.5 Å². The lowest BCUT2D eigenvalue weighted by Gasteiger charge is -2.34. The van der Waals surface area contributed by atoms with E-state index in [9.17, 15) is 19.2 Å². The van der Waals surface area contributed by atoms with E-state index in [4.69, 9.17) is 10.5 Å². The van der Waals surface area contributed by atoms with Crippen molar-refractivity contribution in [3.05, 3.63) is 41.7 Å². The number of fused-ring (bicyclic) bond motifs is 1. The van der Waals surface area contributed by atoms with Crippen LogP contribution in [-0.4, -0.2) is 58.4 Å². The SMILES string of the molecule is CC(C)c1ccc2cnc(CCCC(C)(C)C(=O)O[C@H](C(=O)N[C@@H](C)C(=O)N3CCC[C@@H](C(N)=O)N3)C(C)C)cc2c1. The topological polar surface area (TPSA) is 144 Å². The number of carbonyl (C=O) groups is 4. The van der Waals surface area contributed by atoms with E-state index in [1.165, 1.54) is 10.6 Å². The third kappa shape index (κ3) is 8.50.